The Morgan fingerprint density at radius 3 is 2.50 bits per heavy atom. The molecular formula is C24H33N3O4S. The Balaban J connectivity index is 1.69. The second-order valence-electron chi connectivity index (χ2n) is 9.13. The molecule has 0 aromatic heterocycles. The van der Waals surface area contributed by atoms with Crippen LogP contribution < -0.4 is 10.0 Å². The number of morpholine rings is 1. The van der Waals surface area contributed by atoms with Crippen LogP contribution in [0.3, 0.4) is 0 Å². The van der Waals surface area contributed by atoms with E-state index in [1.54, 1.807) is 37.3 Å². The highest BCUT2D eigenvalue weighted by Crippen LogP contribution is 2.28. The summed E-state index contributed by atoms with van der Waals surface area (Å²) in [7, 11) is -3.80. The number of nitrogens with one attached hydrogen (secondary N) is 2. The Labute approximate surface area is 191 Å². The predicted molar refractivity (Wildman–Crippen MR) is 127 cm³/mol. The number of carbonyl (C=O) groups excluding carboxylic acids is 1. The molecule has 174 valence electrons. The first-order chi connectivity index (χ1) is 15.1. The molecule has 2 aromatic rings. The lowest BCUT2D eigenvalue weighted by Gasteiger charge is -2.26. The van der Waals surface area contributed by atoms with Crippen LogP contribution in [0.5, 0.6) is 0 Å². The minimum atomic E-state index is -3.80. The van der Waals surface area contributed by atoms with E-state index in [0.717, 1.165) is 25.2 Å². The number of sulfonamides is 1. The highest BCUT2D eigenvalue weighted by Gasteiger charge is 2.22. The molecule has 1 aliphatic heterocycles. The molecule has 0 radical (unpaired) electrons. The van der Waals surface area contributed by atoms with E-state index in [0.29, 0.717) is 36.6 Å². The zero-order valence-corrected chi connectivity index (χ0v) is 20.1. The van der Waals surface area contributed by atoms with Crippen LogP contribution in [0.1, 0.15) is 42.3 Å². The summed E-state index contributed by atoms with van der Waals surface area (Å²) in [6.07, 6.45) is 0. The first-order valence-corrected chi connectivity index (χ1v) is 12.4. The highest BCUT2D eigenvalue weighted by molar-refractivity contribution is 7.92. The topological polar surface area (TPSA) is 87.7 Å². The number of ether oxygens (including phenoxy) is 1. The van der Waals surface area contributed by atoms with Crippen LogP contribution in [0.25, 0.3) is 0 Å². The van der Waals surface area contributed by atoms with Crippen LogP contribution >= 0.6 is 0 Å². The minimum Gasteiger partial charge on any atom is -0.379 e. The third-order valence-electron chi connectivity index (χ3n) is 5.54. The number of benzene rings is 2. The molecule has 1 fully saturated rings. The van der Waals surface area contributed by atoms with E-state index in [2.05, 4.69) is 14.9 Å². The fourth-order valence-corrected chi connectivity index (χ4v) is 4.87. The average molecular weight is 460 g/mol. The maximum Gasteiger partial charge on any atom is 0.262 e. The molecule has 0 bridgehead atoms. The lowest BCUT2D eigenvalue weighted by molar-refractivity contribution is 0.0383. The third kappa shape index (κ3) is 6.31. The summed E-state index contributed by atoms with van der Waals surface area (Å²) in [5.41, 5.74) is 2.20. The van der Waals surface area contributed by atoms with E-state index in [9.17, 15) is 13.2 Å². The molecule has 1 aliphatic rings. The number of aryl methyl sites for hydroxylation is 1. The molecule has 0 unspecified atom stereocenters. The summed E-state index contributed by atoms with van der Waals surface area (Å²) in [6, 6.07) is 12.1. The van der Waals surface area contributed by atoms with Crippen molar-refractivity contribution in [3.63, 3.8) is 0 Å². The molecule has 7 nitrogen and oxygen atoms in total. The Kier molecular flexibility index (Phi) is 7.59. The SMILES string of the molecule is Cc1ccc(C(C)(C)C)cc1S(=O)(=O)Nc1cccc(C(=O)NCCN2CCOCC2)c1. The van der Waals surface area contributed by atoms with Gasteiger partial charge >= 0.3 is 0 Å². The van der Waals surface area contributed by atoms with E-state index < -0.39 is 10.0 Å². The minimum absolute atomic E-state index is 0.169. The van der Waals surface area contributed by atoms with Gasteiger partial charge < -0.3 is 10.1 Å². The van der Waals surface area contributed by atoms with Crippen molar-refractivity contribution in [2.75, 3.05) is 44.1 Å². The number of nitrogens with zero attached hydrogens (tertiary/aromatic N) is 1. The van der Waals surface area contributed by atoms with Crippen molar-refractivity contribution in [3.05, 3.63) is 59.2 Å². The first kappa shape index (κ1) is 24.2. The fourth-order valence-electron chi connectivity index (χ4n) is 3.54. The maximum atomic E-state index is 13.1. The van der Waals surface area contributed by atoms with Gasteiger partial charge in [-0.2, -0.15) is 0 Å². The lowest BCUT2D eigenvalue weighted by Crippen LogP contribution is -2.41. The quantitative estimate of drug-likeness (QED) is 0.664. The molecule has 0 spiro atoms. The summed E-state index contributed by atoms with van der Waals surface area (Å²) in [5, 5.41) is 2.90. The Morgan fingerprint density at radius 1 is 1.09 bits per heavy atom. The number of hydrogen-bond acceptors (Lipinski definition) is 5. The van der Waals surface area contributed by atoms with Crippen LogP contribution in [0, 0.1) is 6.92 Å². The van der Waals surface area contributed by atoms with Crippen molar-refractivity contribution in [3.8, 4) is 0 Å². The largest absolute Gasteiger partial charge is 0.379 e. The second-order valence-corrected chi connectivity index (χ2v) is 10.8. The molecule has 1 amide bonds. The van der Waals surface area contributed by atoms with Crippen LogP contribution in [0.4, 0.5) is 5.69 Å². The summed E-state index contributed by atoms with van der Waals surface area (Å²) in [4.78, 5) is 15.0. The van der Waals surface area contributed by atoms with Gasteiger partial charge in [-0.15, -0.1) is 0 Å². The van der Waals surface area contributed by atoms with Crippen molar-refractivity contribution in [2.45, 2.75) is 38.0 Å². The normalized spacial score (nSPS) is 15.4. The van der Waals surface area contributed by atoms with Gasteiger partial charge in [0.05, 0.1) is 18.1 Å². The van der Waals surface area contributed by atoms with E-state index in [4.69, 9.17) is 4.74 Å². The predicted octanol–water partition coefficient (Wildman–Crippen LogP) is 3.16. The summed E-state index contributed by atoms with van der Waals surface area (Å²) >= 11 is 0. The molecule has 1 saturated heterocycles. The van der Waals surface area contributed by atoms with Crippen LogP contribution in [0.15, 0.2) is 47.4 Å². The summed E-state index contributed by atoms with van der Waals surface area (Å²) < 4.78 is 34.2. The van der Waals surface area contributed by atoms with Gasteiger partial charge in [-0.25, -0.2) is 8.42 Å². The van der Waals surface area contributed by atoms with Gasteiger partial charge in [-0.3, -0.25) is 14.4 Å². The highest BCUT2D eigenvalue weighted by atomic mass is 32.2. The van der Waals surface area contributed by atoms with E-state index in [1.807, 2.05) is 32.9 Å². The molecule has 0 atom stereocenters. The zero-order valence-electron chi connectivity index (χ0n) is 19.3. The van der Waals surface area contributed by atoms with Crippen molar-refractivity contribution >= 4 is 21.6 Å². The second kappa shape index (κ2) is 10.0. The van der Waals surface area contributed by atoms with Gasteiger partial charge in [0.2, 0.25) is 0 Å². The molecule has 2 N–H and O–H groups in total. The maximum absolute atomic E-state index is 13.1. The van der Waals surface area contributed by atoms with Crippen LogP contribution in [-0.2, 0) is 20.2 Å². The Bertz CT molecular complexity index is 1060. The zero-order chi connectivity index (χ0) is 23.4. The van der Waals surface area contributed by atoms with Crippen LogP contribution in [-0.4, -0.2) is 58.6 Å². The van der Waals surface area contributed by atoms with Crippen molar-refractivity contribution in [1.29, 1.82) is 0 Å². The van der Waals surface area contributed by atoms with Crippen molar-refractivity contribution < 1.29 is 17.9 Å². The van der Waals surface area contributed by atoms with Crippen molar-refractivity contribution in [2.24, 2.45) is 0 Å². The smallest absolute Gasteiger partial charge is 0.262 e. The van der Waals surface area contributed by atoms with Gasteiger partial charge in [0.15, 0.2) is 0 Å². The van der Waals surface area contributed by atoms with Crippen LogP contribution in [0.2, 0.25) is 0 Å². The van der Waals surface area contributed by atoms with E-state index in [1.165, 1.54) is 0 Å². The molecular weight excluding hydrogens is 426 g/mol. The number of anilines is 1. The van der Waals surface area contributed by atoms with Crippen molar-refractivity contribution in [1.82, 2.24) is 10.2 Å². The summed E-state index contributed by atoms with van der Waals surface area (Å²) in [5.74, 6) is -0.231. The molecule has 1 heterocycles. The number of amides is 1. The van der Waals surface area contributed by atoms with E-state index in [-0.39, 0.29) is 16.2 Å². The number of hydrogen-bond donors (Lipinski definition) is 2. The Morgan fingerprint density at radius 2 is 1.81 bits per heavy atom. The average Bonchev–Trinajstić information content (AvgIpc) is 2.73. The molecule has 2 aromatic carbocycles. The molecule has 0 aliphatic carbocycles. The van der Waals surface area contributed by atoms with Gasteiger partial charge in [0, 0.05) is 37.4 Å². The molecule has 8 heteroatoms. The van der Waals surface area contributed by atoms with Gasteiger partial charge in [-0.05, 0) is 47.7 Å². The monoisotopic (exact) mass is 459 g/mol. The van der Waals surface area contributed by atoms with Gasteiger partial charge in [0.1, 0.15) is 0 Å². The first-order valence-electron chi connectivity index (χ1n) is 10.9. The van der Waals surface area contributed by atoms with Gasteiger partial charge in [-0.1, -0.05) is 39.0 Å². The molecule has 0 saturated carbocycles. The lowest BCUT2D eigenvalue weighted by atomic mass is 9.87. The fraction of sp³-hybridized carbons (Fsp3) is 0.458. The Hall–Kier alpha value is -2.42. The standard InChI is InChI=1S/C24H33N3O4S/c1-18-8-9-20(24(2,3)4)17-22(18)32(29,30)26-21-7-5-6-19(16-21)23(28)25-10-11-27-12-14-31-15-13-27/h5-9,16-17,26H,10-15H2,1-4H3,(H,25,28). The number of carbonyl (C=O) groups is 1. The number of rotatable bonds is 7. The van der Waals surface area contributed by atoms with Gasteiger partial charge in [0.25, 0.3) is 15.9 Å². The molecule has 32 heavy (non-hydrogen) atoms. The summed E-state index contributed by atoms with van der Waals surface area (Å²) in [6.45, 7) is 12.3. The van der Waals surface area contributed by atoms with E-state index >= 15 is 0 Å². The molecule has 3 rings (SSSR count). The third-order valence-corrected chi connectivity index (χ3v) is 7.06.